The van der Waals surface area contributed by atoms with Crippen molar-refractivity contribution in [2.75, 3.05) is 19.8 Å². The molecule has 2 heterocycles. The zero-order valence-corrected chi connectivity index (χ0v) is 7.28. The highest BCUT2D eigenvalue weighted by atomic mass is 16.8. The van der Waals surface area contributed by atoms with Crippen LogP contribution in [0.25, 0.3) is 0 Å². The zero-order chi connectivity index (χ0) is 9.52. The molecule has 0 unspecified atom stereocenters. The highest BCUT2D eigenvalue weighted by Gasteiger charge is 2.09. The second-order valence-electron chi connectivity index (χ2n) is 2.62. The number of rotatable bonds is 0. The SMILES string of the molecule is O=C1CCCCO1.O=C1OCCO1. The maximum absolute atomic E-state index is 10.2. The van der Waals surface area contributed by atoms with E-state index in [1.807, 2.05) is 0 Å². The van der Waals surface area contributed by atoms with Crippen LogP contribution in [-0.2, 0) is 19.0 Å². The molecule has 2 aliphatic heterocycles. The third-order valence-electron chi connectivity index (χ3n) is 1.56. The van der Waals surface area contributed by atoms with Gasteiger partial charge in [0.2, 0.25) is 0 Å². The summed E-state index contributed by atoms with van der Waals surface area (Å²) in [6, 6.07) is 0. The van der Waals surface area contributed by atoms with Crippen molar-refractivity contribution in [3.8, 4) is 0 Å². The summed E-state index contributed by atoms with van der Waals surface area (Å²) >= 11 is 0. The zero-order valence-electron chi connectivity index (χ0n) is 7.28. The molecule has 0 aromatic heterocycles. The number of hydrogen-bond acceptors (Lipinski definition) is 5. The Morgan fingerprint density at radius 3 is 1.77 bits per heavy atom. The van der Waals surface area contributed by atoms with E-state index < -0.39 is 6.16 Å². The Balaban J connectivity index is 0.000000132. The molecule has 2 rings (SSSR count). The monoisotopic (exact) mass is 188 g/mol. The summed E-state index contributed by atoms with van der Waals surface area (Å²) in [7, 11) is 0. The minimum absolute atomic E-state index is 0.0359. The van der Waals surface area contributed by atoms with Crippen LogP contribution >= 0.6 is 0 Å². The molecule has 0 radical (unpaired) electrons. The number of ether oxygens (including phenoxy) is 3. The van der Waals surface area contributed by atoms with Gasteiger partial charge in [-0.15, -0.1) is 0 Å². The van der Waals surface area contributed by atoms with Gasteiger partial charge in [-0.05, 0) is 12.8 Å². The van der Waals surface area contributed by atoms with Gasteiger partial charge in [0.1, 0.15) is 13.2 Å². The van der Waals surface area contributed by atoms with Gasteiger partial charge in [0.25, 0.3) is 0 Å². The predicted octanol–water partition coefficient (Wildman–Crippen LogP) is 0.867. The van der Waals surface area contributed by atoms with E-state index in [0.717, 1.165) is 12.8 Å². The van der Waals surface area contributed by atoms with Gasteiger partial charge < -0.3 is 14.2 Å². The van der Waals surface area contributed by atoms with Crippen molar-refractivity contribution in [1.29, 1.82) is 0 Å². The normalized spacial score (nSPS) is 20.6. The predicted molar refractivity (Wildman–Crippen MR) is 42.1 cm³/mol. The highest BCUT2D eigenvalue weighted by molar-refractivity contribution is 5.69. The number of esters is 1. The average Bonchev–Trinajstić information content (AvgIpc) is 2.58. The fourth-order valence-corrected chi connectivity index (χ4v) is 0.921. The van der Waals surface area contributed by atoms with Crippen LogP contribution in [0.1, 0.15) is 19.3 Å². The Morgan fingerprint density at radius 2 is 1.54 bits per heavy atom. The number of cyclic esters (lactones) is 3. The average molecular weight is 188 g/mol. The van der Waals surface area contributed by atoms with Crippen LogP contribution in [0.3, 0.4) is 0 Å². The molecule has 5 heteroatoms. The number of carbonyl (C=O) groups excluding carboxylic acids is 2. The minimum atomic E-state index is -0.546. The lowest BCUT2D eigenvalue weighted by atomic mass is 10.2. The van der Waals surface area contributed by atoms with Gasteiger partial charge >= 0.3 is 12.1 Å². The molecular weight excluding hydrogens is 176 g/mol. The summed E-state index contributed by atoms with van der Waals surface area (Å²) in [5.74, 6) is -0.0359. The first-order valence-corrected chi connectivity index (χ1v) is 4.24. The summed E-state index contributed by atoms with van der Waals surface area (Å²) in [5, 5.41) is 0. The molecule has 5 nitrogen and oxygen atoms in total. The van der Waals surface area contributed by atoms with E-state index in [2.05, 4.69) is 14.2 Å². The van der Waals surface area contributed by atoms with Crippen LogP contribution < -0.4 is 0 Å². The fourth-order valence-electron chi connectivity index (χ4n) is 0.921. The molecule has 13 heavy (non-hydrogen) atoms. The molecule has 2 aliphatic rings. The Labute approximate surface area is 76.0 Å². The van der Waals surface area contributed by atoms with Gasteiger partial charge in [0.15, 0.2) is 0 Å². The van der Waals surface area contributed by atoms with Crippen LogP contribution in [0.2, 0.25) is 0 Å². The van der Waals surface area contributed by atoms with Crippen LogP contribution in [0, 0.1) is 0 Å². The maximum atomic E-state index is 10.2. The topological polar surface area (TPSA) is 61.8 Å². The summed E-state index contributed by atoms with van der Waals surface area (Å²) in [6.07, 6.45) is 2.14. The molecule has 74 valence electrons. The number of carbonyl (C=O) groups is 2. The smallest absolute Gasteiger partial charge is 0.466 e. The molecule has 2 fully saturated rings. The largest absolute Gasteiger partial charge is 0.508 e. The molecule has 0 N–H and O–H groups in total. The Morgan fingerprint density at radius 1 is 0.846 bits per heavy atom. The van der Waals surface area contributed by atoms with Gasteiger partial charge in [0, 0.05) is 6.42 Å². The number of hydrogen-bond donors (Lipinski definition) is 0. The van der Waals surface area contributed by atoms with Crippen molar-refractivity contribution >= 4 is 12.1 Å². The molecule has 0 aromatic carbocycles. The lowest BCUT2D eigenvalue weighted by Crippen LogP contribution is -2.10. The van der Waals surface area contributed by atoms with Crippen LogP contribution in [0.5, 0.6) is 0 Å². The summed E-state index contributed by atoms with van der Waals surface area (Å²) in [4.78, 5) is 20.0. The molecule has 0 aliphatic carbocycles. The van der Waals surface area contributed by atoms with E-state index in [1.54, 1.807) is 0 Å². The Hall–Kier alpha value is -1.26. The van der Waals surface area contributed by atoms with Crippen LogP contribution in [-0.4, -0.2) is 31.9 Å². The third-order valence-corrected chi connectivity index (χ3v) is 1.56. The molecule has 2 saturated heterocycles. The molecular formula is C8H12O5. The first-order valence-electron chi connectivity index (χ1n) is 4.24. The Bertz CT molecular complexity index is 173. The third kappa shape index (κ3) is 4.35. The maximum Gasteiger partial charge on any atom is 0.508 e. The molecule has 0 saturated carbocycles. The van der Waals surface area contributed by atoms with Crippen molar-refractivity contribution in [3.63, 3.8) is 0 Å². The van der Waals surface area contributed by atoms with Gasteiger partial charge in [-0.25, -0.2) is 4.79 Å². The van der Waals surface area contributed by atoms with Crippen molar-refractivity contribution in [3.05, 3.63) is 0 Å². The minimum Gasteiger partial charge on any atom is -0.466 e. The van der Waals surface area contributed by atoms with Gasteiger partial charge in [-0.2, -0.15) is 0 Å². The van der Waals surface area contributed by atoms with Crippen molar-refractivity contribution in [1.82, 2.24) is 0 Å². The molecule has 0 atom stereocenters. The van der Waals surface area contributed by atoms with Crippen molar-refractivity contribution in [2.45, 2.75) is 19.3 Å². The van der Waals surface area contributed by atoms with Crippen molar-refractivity contribution < 1.29 is 23.8 Å². The van der Waals surface area contributed by atoms with Gasteiger partial charge in [-0.3, -0.25) is 4.79 Å². The second kappa shape index (κ2) is 5.40. The highest BCUT2D eigenvalue weighted by Crippen LogP contribution is 2.04. The summed E-state index contributed by atoms with van der Waals surface area (Å²) < 4.78 is 13.2. The fraction of sp³-hybridized carbons (Fsp3) is 0.750. The lowest BCUT2D eigenvalue weighted by Gasteiger charge is -2.08. The molecule has 0 spiro atoms. The summed E-state index contributed by atoms with van der Waals surface area (Å²) in [5.41, 5.74) is 0. The molecule has 0 aromatic rings. The van der Waals surface area contributed by atoms with Crippen LogP contribution in [0.15, 0.2) is 0 Å². The van der Waals surface area contributed by atoms with E-state index in [4.69, 9.17) is 0 Å². The standard InChI is InChI=1S/C5H8O2.C3H4O3/c6-5-3-1-2-4-7-5;4-3-5-1-2-6-3/h1-4H2;1-2H2. The van der Waals surface area contributed by atoms with E-state index in [9.17, 15) is 9.59 Å². The van der Waals surface area contributed by atoms with E-state index in [1.165, 1.54) is 0 Å². The molecule has 0 amide bonds. The van der Waals surface area contributed by atoms with Crippen molar-refractivity contribution in [2.24, 2.45) is 0 Å². The lowest BCUT2D eigenvalue weighted by molar-refractivity contribution is -0.146. The Kier molecular flexibility index (Phi) is 4.08. The quantitative estimate of drug-likeness (QED) is 0.528. The van der Waals surface area contributed by atoms with E-state index in [0.29, 0.717) is 26.2 Å². The summed E-state index contributed by atoms with van der Waals surface area (Å²) in [6.45, 7) is 1.47. The van der Waals surface area contributed by atoms with E-state index >= 15 is 0 Å². The first kappa shape index (κ1) is 9.83. The first-order chi connectivity index (χ1) is 6.29. The second-order valence-corrected chi connectivity index (χ2v) is 2.62. The van der Waals surface area contributed by atoms with Crippen LogP contribution in [0.4, 0.5) is 4.79 Å². The van der Waals surface area contributed by atoms with Gasteiger partial charge in [-0.1, -0.05) is 0 Å². The van der Waals surface area contributed by atoms with E-state index in [-0.39, 0.29) is 5.97 Å². The molecule has 0 bridgehead atoms. The van der Waals surface area contributed by atoms with Gasteiger partial charge in [0.05, 0.1) is 6.61 Å².